The molecule has 0 amide bonds. The van der Waals surface area contributed by atoms with Crippen LogP contribution in [0.5, 0.6) is 0 Å². The Balaban J connectivity index is 2.04. The van der Waals surface area contributed by atoms with Crippen molar-refractivity contribution in [3.8, 4) is 0 Å². The van der Waals surface area contributed by atoms with Gasteiger partial charge >= 0.3 is 5.97 Å². The molecule has 0 fully saturated rings. The van der Waals surface area contributed by atoms with Gasteiger partial charge in [0.2, 0.25) is 0 Å². The Labute approximate surface area is 133 Å². The number of fused-ring (bicyclic) bond motifs is 1. The summed E-state index contributed by atoms with van der Waals surface area (Å²) >= 11 is 12.0. The van der Waals surface area contributed by atoms with E-state index in [1.165, 1.54) is 0 Å². The molecule has 1 aliphatic carbocycles. The van der Waals surface area contributed by atoms with E-state index >= 15 is 0 Å². The number of carboxylic acid groups (broad SMARTS) is 1. The minimum atomic E-state index is -0.867. The first kappa shape index (κ1) is 14.4. The predicted octanol–water partition coefficient (Wildman–Crippen LogP) is 4.50. The fourth-order valence-electron chi connectivity index (χ4n) is 3.17. The number of hydrogen-bond donors (Lipinski definition) is 1. The lowest BCUT2D eigenvalue weighted by molar-refractivity contribution is -0.143. The van der Waals surface area contributed by atoms with Crippen LogP contribution in [0.3, 0.4) is 0 Å². The summed E-state index contributed by atoms with van der Waals surface area (Å²) in [4.78, 5) is 12.0. The third kappa shape index (κ3) is 2.43. The molecule has 0 heterocycles. The van der Waals surface area contributed by atoms with Gasteiger partial charge in [0.05, 0.1) is 15.5 Å². The lowest BCUT2D eigenvalue weighted by atomic mass is 9.76. The Kier molecular flexibility index (Phi) is 3.68. The van der Waals surface area contributed by atoms with E-state index in [0.29, 0.717) is 22.9 Å². The Hall–Kier alpha value is -1.51. The average molecular weight is 321 g/mol. The molecule has 0 aliphatic heterocycles. The number of rotatable bonds is 3. The fourth-order valence-corrected chi connectivity index (χ4v) is 3.49. The van der Waals surface area contributed by atoms with Gasteiger partial charge in [0, 0.05) is 0 Å². The van der Waals surface area contributed by atoms with Crippen molar-refractivity contribution in [2.24, 2.45) is 0 Å². The molecule has 0 radical (unpaired) electrons. The molecule has 1 aliphatic rings. The van der Waals surface area contributed by atoms with Crippen LogP contribution in [0.4, 0.5) is 0 Å². The van der Waals surface area contributed by atoms with Crippen molar-refractivity contribution in [2.45, 2.75) is 24.7 Å². The number of aryl methyl sites for hydroxylation is 1. The van der Waals surface area contributed by atoms with E-state index in [4.69, 9.17) is 23.2 Å². The van der Waals surface area contributed by atoms with Crippen LogP contribution in [0.1, 0.15) is 23.1 Å². The number of halogens is 2. The molecule has 3 rings (SSSR count). The lowest BCUT2D eigenvalue weighted by Gasteiger charge is -2.26. The molecule has 1 atom stereocenters. The van der Waals surface area contributed by atoms with Gasteiger partial charge in [-0.15, -0.1) is 0 Å². The molecular formula is C17H14Cl2O2. The summed E-state index contributed by atoms with van der Waals surface area (Å²) in [6, 6.07) is 13.1. The van der Waals surface area contributed by atoms with Gasteiger partial charge in [-0.25, -0.2) is 0 Å². The van der Waals surface area contributed by atoms with Crippen molar-refractivity contribution in [3.05, 3.63) is 69.2 Å². The summed E-state index contributed by atoms with van der Waals surface area (Å²) < 4.78 is 0. The summed E-state index contributed by atoms with van der Waals surface area (Å²) in [7, 11) is 0. The molecule has 2 nitrogen and oxygen atoms in total. The largest absolute Gasteiger partial charge is 0.481 e. The number of carboxylic acids is 1. The van der Waals surface area contributed by atoms with E-state index < -0.39 is 11.4 Å². The highest BCUT2D eigenvalue weighted by molar-refractivity contribution is 6.42. The van der Waals surface area contributed by atoms with Gasteiger partial charge in [0.15, 0.2) is 0 Å². The number of benzene rings is 2. The van der Waals surface area contributed by atoms with E-state index in [2.05, 4.69) is 0 Å². The van der Waals surface area contributed by atoms with Gasteiger partial charge in [-0.05, 0) is 48.1 Å². The third-order valence-electron chi connectivity index (χ3n) is 4.25. The maximum atomic E-state index is 12.0. The zero-order valence-electron chi connectivity index (χ0n) is 11.3. The maximum absolute atomic E-state index is 12.0. The second kappa shape index (κ2) is 5.36. The molecule has 0 aromatic heterocycles. The topological polar surface area (TPSA) is 37.3 Å². The number of carbonyl (C=O) groups is 1. The highest BCUT2D eigenvalue weighted by atomic mass is 35.5. The van der Waals surface area contributed by atoms with Crippen LogP contribution in [0, 0.1) is 0 Å². The smallest absolute Gasteiger partial charge is 0.314 e. The van der Waals surface area contributed by atoms with Gasteiger partial charge in [0.25, 0.3) is 0 Å². The first-order valence-electron chi connectivity index (χ1n) is 6.79. The zero-order chi connectivity index (χ0) is 15.0. The van der Waals surface area contributed by atoms with Gasteiger partial charge in [-0.2, -0.15) is 0 Å². The average Bonchev–Trinajstić information content (AvgIpc) is 2.84. The molecule has 108 valence electrons. The van der Waals surface area contributed by atoms with Crippen molar-refractivity contribution in [3.63, 3.8) is 0 Å². The molecule has 0 saturated carbocycles. The minimum Gasteiger partial charge on any atom is -0.481 e. The highest BCUT2D eigenvalue weighted by Crippen LogP contribution is 2.42. The van der Waals surface area contributed by atoms with E-state index in [1.807, 2.05) is 30.3 Å². The first-order valence-corrected chi connectivity index (χ1v) is 7.54. The van der Waals surface area contributed by atoms with Crippen molar-refractivity contribution >= 4 is 29.2 Å². The normalized spacial score (nSPS) is 20.3. The van der Waals surface area contributed by atoms with Gasteiger partial charge in [-0.1, -0.05) is 53.5 Å². The van der Waals surface area contributed by atoms with E-state index in [9.17, 15) is 9.90 Å². The van der Waals surface area contributed by atoms with Crippen LogP contribution in [0.2, 0.25) is 10.0 Å². The molecule has 1 unspecified atom stereocenters. The quantitative estimate of drug-likeness (QED) is 0.903. The van der Waals surface area contributed by atoms with Crippen LogP contribution < -0.4 is 0 Å². The zero-order valence-corrected chi connectivity index (χ0v) is 12.8. The van der Waals surface area contributed by atoms with Crippen molar-refractivity contribution in [1.29, 1.82) is 0 Å². The van der Waals surface area contributed by atoms with Crippen LogP contribution in [0.15, 0.2) is 42.5 Å². The molecular weight excluding hydrogens is 307 g/mol. The minimum absolute atomic E-state index is 0.427. The predicted molar refractivity (Wildman–Crippen MR) is 84.2 cm³/mol. The molecule has 0 bridgehead atoms. The van der Waals surface area contributed by atoms with E-state index in [-0.39, 0.29) is 0 Å². The third-order valence-corrected chi connectivity index (χ3v) is 4.99. The second-order valence-electron chi connectivity index (χ2n) is 5.47. The maximum Gasteiger partial charge on any atom is 0.314 e. The summed E-state index contributed by atoms with van der Waals surface area (Å²) in [5, 5.41) is 10.8. The molecule has 21 heavy (non-hydrogen) atoms. The number of hydrogen-bond acceptors (Lipinski definition) is 1. The molecule has 0 spiro atoms. The monoisotopic (exact) mass is 320 g/mol. The SMILES string of the molecule is O=C(O)C1(Cc2ccc(Cl)c(Cl)c2)CCc2ccccc21. The van der Waals surface area contributed by atoms with Crippen LogP contribution in [0.25, 0.3) is 0 Å². The Morgan fingerprint density at radius 3 is 2.62 bits per heavy atom. The highest BCUT2D eigenvalue weighted by Gasteiger charge is 2.45. The summed E-state index contributed by atoms with van der Waals surface area (Å²) in [6.07, 6.45) is 1.84. The Bertz CT molecular complexity index is 712. The van der Waals surface area contributed by atoms with E-state index in [0.717, 1.165) is 23.1 Å². The van der Waals surface area contributed by atoms with Crippen molar-refractivity contribution in [1.82, 2.24) is 0 Å². The van der Waals surface area contributed by atoms with Crippen LogP contribution >= 0.6 is 23.2 Å². The summed E-state index contributed by atoms with van der Waals surface area (Å²) in [6.45, 7) is 0. The van der Waals surface area contributed by atoms with Crippen molar-refractivity contribution < 1.29 is 9.90 Å². The molecule has 2 aromatic rings. The van der Waals surface area contributed by atoms with Crippen LogP contribution in [-0.2, 0) is 23.1 Å². The molecule has 0 saturated heterocycles. The fraction of sp³-hybridized carbons (Fsp3) is 0.235. The second-order valence-corrected chi connectivity index (χ2v) is 6.28. The molecule has 4 heteroatoms. The Morgan fingerprint density at radius 2 is 1.90 bits per heavy atom. The standard InChI is InChI=1S/C17H14Cl2O2/c18-14-6-5-11(9-15(14)19)10-17(16(20)21)8-7-12-3-1-2-4-13(12)17/h1-6,9H,7-8,10H2,(H,20,21). The lowest BCUT2D eigenvalue weighted by Crippen LogP contribution is -2.35. The Morgan fingerprint density at radius 1 is 1.14 bits per heavy atom. The molecule has 1 N–H and O–H groups in total. The van der Waals surface area contributed by atoms with Crippen LogP contribution in [-0.4, -0.2) is 11.1 Å². The van der Waals surface area contributed by atoms with E-state index in [1.54, 1.807) is 12.1 Å². The summed E-state index contributed by atoms with van der Waals surface area (Å²) in [5.74, 6) is -0.779. The van der Waals surface area contributed by atoms with Crippen molar-refractivity contribution in [2.75, 3.05) is 0 Å². The van der Waals surface area contributed by atoms with Gasteiger partial charge in [0.1, 0.15) is 0 Å². The molecule has 2 aromatic carbocycles. The van der Waals surface area contributed by atoms with Gasteiger partial charge in [-0.3, -0.25) is 4.79 Å². The van der Waals surface area contributed by atoms with Gasteiger partial charge < -0.3 is 5.11 Å². The first-order chi connectivity index (χ1) is 10.0. The summed E-state index contributed by atoms with van der Waals surface area (Å²) in [5.41, 5.74) is 2.07. The number of aliphatic carboxylic acids is 1.